The van der Waals surface area contributed by atoms with Crippen molar-refractivity contribution in [2.45, 2.75) is 0 Å². The minimum Gasteiger partial charge on any atom is -0.504 e. The molecular formula is C24H24N2O6. The van der Waals surface area contributed by atoms with E-state index in [0.29, 0.717) is 45.6 Å². The lowest BCUT2D eigenvalue weighted by atomic mass is 10.1. The number of anilines is 2. The average molecular weight is 436 g/mol. The molecule has 0 aliphatic carbocycles. The van der Waals surface area contributed by atoms with Gasteiger partial charge in [0.2, 0.25) is 5.75 Å². The third-order valence-electron chi connectivity index (χ3n) is 4.63. The number of benzene rings is 2. The van der Waals surface area contributed by atoms with Gasteiger partial charge in [-0.3, -0.25) is 4.79 Å². The van der Waals surface area contributed by atoms with Crippen molar-refractivity contribution in [3.05, 3.63) is 65.9 Å². The molecule has 0 unspecified atom stereocenters. The summed E-state index contributed by atoms with van der Waals surface area (Å²) < 4.78 is 21.1. The number of aromatic hydroxyl groups is 1. The summed E-state index contributed by atoms with van der Waals surface area (Å²) in [6.45, 7) is 0. The largest absolute Gasteiger partial charge is 0.504 e. The van der Waals surface area contributed by atoms with Gasteiger partial charge in [0, 0.05) is 24.0 Å². The molecule has 166 valence electrons. The van der Waals surface area contributed by atoms with Crippen LogP contribution in [0.3, 0.4) is 0 Å². The molecule has 2 N–H and O–H groups in total. The SMILES string of the molecule is COc1ccc(C=CC(=O)c2cccnc2Nc2cc(OC)c(OC)c(OC)c2)cc1O. The lowest BCUT2D eigenvalue weighted by molar-refractivity contribution is 0.104. The highest BCUT2D eigenvalue weighted by atomic mass is 16.5. The number of allylic oxidation sites excluding steroid dienone is 1. The number of carbonyl (C=O) groups excluding carboxylic acids is 1. The van der Waals surface area contributed by atoms with Gasteiger partial charge in [-0.1, -0.05) is 12.1 Å². The second-order valence-corrected chi connectivity index (χ2v) is 6.57. The summed E-state index contributed by atoms with van der Waals surface area (Å²) in [7, 11) is 6.05. The molecule has 3 rings (SSSR count). The molecule has 0 atom stereocenters. The fourth-order valence-corrected chi connectivity index (χ4v) is 3.07. The van der Waals surface area contributed by atoms with Crippen LogP contribution in [0.4, 0.5) is 11.5 Å². The van der Waals surface area contributed by atoms with Crippen molar-refractivity contribution in [1.82, 2.24) is 4.98 Å². The summed E-state index contributed by atoms with van der Waals surface area (Å²) in [5.74, 6) is 1.86. The standard InChI is InChI=1S/C24H24N2O6/c1-29-20-10-8-15(12-19(20)28)7-9-18(27)17-6-5-11-25-24(17)26-16-13-21(30-2)23(32-4)22(14-16)31-3/h5-14,28H,1-4H3,(H,25,26). The maximum atomic E-state index is 12.9. The Morgan fingerprint density at radius 3 is 2.22 bits per heavy atom. The predicted octanol–water partition coefficient (Wildman–Crippen LogP) is 4.46. The van der Waals surface area contributed by atoms with E-state index < -0.39 is 0 Å². The number of phenolic OH excluding ortho intramolecular Hbond substituents is 1. The van der Waals surface area contributed by atoms with Crippen LogP contribution in [0.5, 0.6) is 28.7 Å². The van der Waals surface area contributed by atoms with Crippen LogP contribution in [0.2, 0.25) is 0 Å². The summed E-state index contributed by atoms with van der Waals surface area (Å²) in [6, 6.07) is 11.7. The molecule has 0 aliphatic heterocycles. The Hall–Kier alpha value is -4.20. The number of phenols is 1. The number of rotatable bonds is 9. The predicted molar refractivity (Wildman–Crippen MR) is 122 cm³/mol. The molecule has 0 radical (unpaired) electrons. The Labute approximate surface area is 186 Å². The number of hydrogen-bond donors (Lipinski definition) is 2. The lowest BCUT2D eigenvalue weighted by Crippen LogP contribution is -2.04. The van der Waals surface area contributed by atoms with Crippen molar-refractivity contribution >= 4 is 23.4 Å². The number of pyridine rings is 1. The maximum Gasteiger partial charge on any atom is 0.203 e. The molecule has 1 heterocycles. The van der Waals surface area contributed by atoms with Crippen LogP contribution in [-0.4, -0.2) is 44.3 Å². The second kappa shape index (κ2) is 10.2. The summed E-state index contributed by atoms with van der Waals surface area (Å²) >= 11 is 0. The first-order valence-corrected chi connectivity index (χ1v) is 9.62. The molecular weight excluding hydrogens is 412 g/mol. The van der Waals surface area contributed by atoms with Gasteiger partial charge >= 0.3 is 0 Å². The Balaban J connectivity index is 1.88. The monoisotopic (exact) mass is 436 g/mol. The molecule has 3 aromatic rings. The van der Waals surface area contributed by atoms with Crippen LogP contribution in [0.1, 0.15) is 15.9 Å². The maximum absolute atomic E-state index is 12.9. The zero-order valence-corrected chi connectivity index (χ0v) is 18.2. The number of ether oxygens (including phenoxy) is 4. The van der Waals surface area contributed by atoms with Crippen molar-refractivity contribution in [3.8, 4) is 28.7 Å². The van der Waals surface area contributed by atoms with E-state index in [2.05, 4.69) is 10.3 Å². The number of carbonyl (C=O) groups is 1. The Kier molecular flexibility index (Phi) is 7.17. The Bertz CT molecular complexity index is 1120. The van der Waals surface area contributed by atoms with Gasteiger partial charge in [0.25, 0.3) is 0 Å². The third kappa shape index (κ3) is 4.92. The number of hydrogen-bond acceptors (Lipinski definition) is 8. The first-order chi connectivity index (χ1) is 15.5. The van der Waals surface area contributed by atoms with Gasteiger partial charge in [0.1, 0.15) is 5.82 Å². The molecule has 1 aromatic heterocycles. The molecule has 8 nitrogen and oxygen atoms in total. The Morgan fingerprint density at radius 2 is 1.62 bits per heavy atom. The molecule has 0 fully saturated rings. The second-order valence-electron chi connectivity index (χ2n) is 6.57. The molecule has 0 saturated carbocycles. The normalized spacial score (nSPS) is 10.6. The van der Waals surface area contributed by atoms with Crippen molar-refractivity contribution in [2.75, 3.05) is 33.8 Å². The summed E-state index contributed by atoms with van der Waals surface area (Å²) in [5, 5.41) is 13.1. The zero-order valence-electron chi connectivity index (χ0n) is 18.2. The Morgan fingerprint density at radius 1 is 0.938 bits per heavy atom. The fourth-order valence-electron chi connectivity index (χ4n) is 3.07. The molecule has 2 aromatic carbocycles. The van der Waals surface area contributed by atoms with Gasteiger partial charge in [-0.05, 0) is 35.9 Å². The molecule has 32 heavy (non-hydrogen) atoms. The molecule has 0 bridgehead atoms. The van der Waals surface area contributed by atoms with E-state index in [0.717, 1.165) is 0 Å². The smallest absolute Gasteiger partial charge is 0.203 e. The quantitative estimate of drug-likeness (QED) is 0.375. The van der Waals surface area contributed by atoms with Gasteiger partial charge in [0.05, 0.1) is 34.0 Å². The summed E-state index contributed by atoms with van der Waals surface area (Å²) in [5.41, 5.74) is 1.63. The minimum absolute atomic E-state index is 0.00627. The highest BCUT2D eigenvalue weighted by Crippen LogP contribution is 2.40. The molecule has 0 spiro atoms. The van der Waals surface area contributed by atoms with Crippen LogP contribution >= 0.6 is 0 Å². The van der Waals surface area contributed by atoms with Crippen molar-refractivity contribution in [2.24, 2.45) is 0 Å². The van der Waals surface area contributed by atoms with E-state index in [1.807, 2.05) is 0 Å². The van der Waals surface area contributed by atoms with E-state index in [1.165, 1.54) is 40.6 Å². The lowest BCUT2D eigenvalue weighted by Gasteiger charge is -2.15. The minimum atomic E-state index is -0.261. The highest BCUT2D eigenvalue weighted by Gasteiger charge is 2.16. The van der Waals surface area contributed by atoms with Crippen molar-refractivity contribution in [1.29, 1.82) is 0 Å². The van der Waals surface area contributed by atoms with E-state index >= 15 is 0 Å². The van der Waals surface area contributed by atoms with Gasteiger partial charge in [-0.2, -0.15) is 0 Å². The highest BCUT2D eigenvalue weighted by molar-refractivity contribution is 6.10. The molecule has 8 heteroatoms. The number of nitrogens with zero attached hydrogens (tertiary/aromatic N) is 1. The van der Waals surface area contributed by atoms with E-state index in [1.54, 1.807) is 48.7 Å². The average Bonchev–Trinajstić information content (AvgIpc) is 2.82. The number of nitrogens with one attached hydrogen (secondary N) is 1. The first-order valence-electron chi connectivity index (χ1n) is 9.62. The zero-order chi connectivity index (χ0) is 23.1. The van der Waals surface area contributed by atoms with Gasteiger partial charge in [0.15, 0.2) is 28.8 Å². The van der Waals surface area contributed by atoms with Crippen LogP contribution in [0, 0.1) is 0 Å². The molecule has 0 amide bonds. The van der Waals surface area contributed by atoms with E-state index in [9.17, 15) is 9.90 Å². The van der Waals surface area contributed by atoms with Crippen LogP contribution in [-0.2, 0) is 0 Å². The summed E-state index contributed by atoms with van der Waals surface area (Å²) in [6.07, 6.45) is 4.61. The number of ketones is 1. The van der Waals surface area contributed by atoms with Crippen LogP contribution in [0.15, 0.2) is 54.7 Å². The third-order valence-corrected chi connectivity index (χ3v) is 4.63. The topological polar surface area (TPSA) is 99.1 Å². The van der Waals surface area contributed by atoms with Crippen molar-refractivity contribution in [3.63, 3.8) is 0 Å². The number of methoxy groups -OCH3 is 4. The van der Waals surface area contributed by atoms with Gasteiger partial charge in [-0.25, -0.2) is 4.98 Å². The van der Waals surface area contributed by atoms with Crippen molar-refractivity contribution < 1.29 is 28.8 Å². The van der Waals surface area contributed by atoms with E-state index in [-0.39, 0.29) is 11.5 Å². The molecule has 0 saturated heterocycles. The van der Waals surface area contributed by atoms with E-state index in [4.69, 9.17) is 18.9 Å². The molecule has 0 aliphatic rings. The van der Waals surface area contributed by atoms with Gasteiger partial charge < -0.3 is 29.4 Å². The number of aromatic nitrogens is 1. The van der Waals surface area contributed by atoms with Crippen LogP contribution < -0.4 is 24.3 Å². The summed E-state index contributed by atoms with van der Waals surface area (Å²) in [4.78, 5) is 17.2. The van der Waals surface area contributed by atoms with Gasteiger partial charge in [-0.15, -0.1) is 0 Å². The van der Waals surface area contributed by atoms with Crippen LogP contribution in [0.25, 0.3) is 6.08 Å². The fraction of sp³-hybridized carbons (Fsp3) is 0.167. The first kappa shape index (κ1) is 22.5.